The average Bonchev–Trinajstić information content (AvgIpc) is 2.86. The first-order valence-electron chi connectivity index (χ1n) is 8.48. The number of anilines is 1. The molecule has 1 saturated heterocycles. The standard InChI is InChI=1S/C17H21ClN4O4S/c1-11-15(16(18)21(2)19-11)27(25,26)20-13-6-3-5-12(9-13)17(24)22-8-4-7-14(23)10-22/h3,5-6,9,14,20,23H,4,7-8,10H2,1-2H3. The minimum absolute atomic E-state index is 0.00883. The molecule has 1 aromatic heterocycles. The minimum Gasteiger partial charge on any atom is -0.391 e. The number of aryl methyl sites for hydroxylation is 2. The maximum absolute atomic E-state index is 12.7. The van der Waals surface area contributed by atoms with Gasteiger partial charge in [-0.3, -0.25) is 14.2 Å². The Morgan fingerprint density at radius 3 is 2.78 bits per heavy atom. The molecule has 1 amide bonds. The first-order valence-corrected chi connectivity index (χ1v) is 10.3. The summed E-state index contributed by atoms with van der Waals surface area (Å²) in [6.07, 6.45) is 0.882. The summed E-state index contributed by atoms with van der Waals surface area (Å²) in [6, 6.07) is 6.24. The highest BCUT2D eigenvalue weighted by atomic mass is 35.5. The number of aliphatic hydroxyl groups excluding tert-OH is 1. The number of halogens is 1. The van der Waals surface area contributed by atoms with Gasteiger partial charge in [-0.1, -0.05) is 17.7 Å². The largest absolute Gasteiger partial charge is 0.391 e. The second kappa shape index (κ2) is 7.49. The Morgan fingerprint density at radius 2 is 2.15 bits per heavy atom. The normalized spacial score (nSPS) is 17.8. The van der Waals surface area contributed by atoms with Gasteiger partial charge in [0.05, 0.1) is 11.8 Å². The number of β-amino-alcohol motifs (C(OH)–C–C–N with tert-alkyl or cyclic N) is 1. The highest BCUT2D eigenvalue weighted by molar-refractivity contribution is 7.92. The van der Waals surface area contributed by atoms with E-state index in [0.717, 1.165) is 6.42 Å². The van der Waals surface area contributed by atoms with Crippen molar-refractivity contribution in [3.05, 3.63) is 40.7 Å². The molecular weight excluding hydrogens is 392 g/mol. The Labute approximate surface area is 162 Å². The van der Waals surface area contributed by atoms with E-state index in [1.54, 1.807) is 37.1 Å². The number of nitrogens with zero attached hydrogens (tertiary/aromatic N) is 3. The highest BCUT2D eigenvalue weighted by Gasteiger charge is 2.26. The number of hydrogen-bond acceptors (Lipinski definition) is 5. The molecule has 1 fully saturated rings. The number of piperidine rings is 1. The molecule has 1 unspecified atom stereocenters. The maximum Gasteiger partial charge on any atom is 0.266 e. The maximum atomic E-state index is 12.7. The minimum atomic E-state index is -3.96. The molecule has 0 bridgehead atoms. The van der Waals surface area contributed by atoms with Crippen LogP contribution in [0.1, 0.15) is 28.9 Å². The van der Waals surface area contributed by atoms with Gasteiger partial charge in [0.25, 0.3) is 15.9 Å². The molecule has 1 atom stereocenters. The SMILES string of the molecule is Cc1nn(C)c(Cl)c1S(=O)(=O)Nc1cccc(C(=O)N2CCCC(O)C2)c1. The molecular formula is C17H21ClN4O4S. The zero-order chi connectivity index (χ0) is 19.8. The Balaban J connectivity index is 1.84. The number of hydrogen-bond donors (Lipinski definition) is 2. The number of likely N-dealkylation sites (tertiary alicyclic amines) is 1. The van der Waals surface area contributed by atoms with Crippen LogP contribution in [0.3, 0.4) is 0 Å². The summed E-state index contributed by atoms with van der Waals surface area (Å²) < 4.78 is 29.1. The van der Waals surface area contributed by atoms with Gasteiger partial charge in [-0.05, 0) is 38.0 Å². The third-order valence-corrected chi connectivity index (χ3v) is 6.49. The van der Waals surface area contributed by atoms with Crippen LogP contribution in [0.25, 0.3) is 0 Å². The van der Waals surface area contributed by atoms with E-state index in [0.29, 0.717) is 18.5 Å². The number of benzene rings is 1. The Morgan fingerprint density at radius 1 is 1.41 bits per heavy atom. The van der Waals surface area contributed by atoms with E-state index in [1.165, 1.54) is 10.7 Å². The lowest BCUT2D eigenvalue weighted by Gasteiger charge is -2.30. The highest BCUT2D eigenvalue weighted by Crippen LogP contribution is 2.27. The van der Waals surface area contributed by atoms with Crippen LogP contribution >= 0.6 is 11.6 Å². The molecule has 8 nitrogen and oxygen atoms in total. The summed E-state index contributed by atoms with van der Waals surface area (Å²) in [4.78, 5) is 14.1. The first kappa shape index (κ1) is 19.7. The fourth-order valence-electron chi connectivity index (χ4n) is 3.16. The molecule has 0 saturated carbocycles. The Kier molecular flexibility index (Phi) is 5.45. The van der Waals surface area contributed by atoms with Gasteiger partial charge in [-0.2, -0.15) is 5.10 Å². The number of aliphatic hydroxyl groups is 1. The van der Waals surface area contributed by atoms with Gasteiger partial charge in [0.1, 0.15) is 10.0 Å². The molecule has 2 heterocycles. The van der Waals surface area contributed by atoms with Crippen molar-refractivity contribution in [3.63, 3.8) is 0 Å². The molecule has 1 aliphatic heterocycles. The lowest BCUT2D eigenvalue weighted by atomic mass is 10.1. The number of sulfonamides is 1. The van der Waals surface area contributed by atoms with E-state index in [9.17, 15) is 18.3 Å². The van der Waals surface area contributed by atoms with Gasteiger partial charge < -0.3 is 10.0 Å². The van der Waals surface area contributed by atoms with Crippen molar-refractivity contribution < 1.29 is 18.3 Å². The van der Waals surface area contributed by atoms with Gasteiger partial charge in [0.2, 0.25) is 0 Å². The quantitative estimate of drug-likeness (QED) is 0.796. The van der Waals surface area contributed by atoms with Gasteiger partial charge in [0.15, 0.2) is 0 Å². The van der Waals surface area contributed by atoms with E-state index in [-0.39, 0.29) is 33.9 Å². The van der Waals surface area contributed by atoms with Gasteiger partial charge in [-0.15, -0.1) is 0 Å². The van der Waals surface area contributed by atoms with Crippen molar-refractivity contribution >= 4 is 33.2 Å². The monoisotopic (exact) mass is 412 g/mol. The molecule has 2 aromatic rings. The van der Waals surface area contributed by atoms with Crippen molar-refractivity contribution in [2.75, 3.05) is 17.8 Å². The molecule has 3 rings (SSSR count). The molecule has 146 valence electrons. The summed E-state index contributed by atoms with van der Waals surface area (Å²) in [5.74, 6) is -0.245. The number of carbonyl (C=O) groups excluding carboxylic acids is 1. The predicted molar refractivity (Wildman–Crippen MR) is 101 cm³/mol. The molecule has 27 heavy (non-hydrogen) atoms. The third kappa shape index (κ3) is 4.10. The first-order chi connectivity index (χ1) is 12.7. The fourth-order valence-corrected chi connectivity index (χ4v) is 4.96. The molecule has 1 aliphatic rings. The van der Waals surface area contributed by atoms with Crippen molar-refractivity contribution in [1.82, 2.24) is 14.7 Å². The van der Waals surface area contributed by atoms with E-state index in [4.69, 9.17) is 11.6 Å². The van der Waals surface area contributed by atoms with E-state index < -0.39 is 16.1 Å². The zero-order valence-corrected chi connectivity index (χ0v) is 16.6. The van der Waals surface area contributed by atoms with Crippen LogP contribution in [0, 0.1) is 6.92 Å². The molecule has 1 aromatic carbocycles. The van der Waals surface area contributed by atoms with Crippen LogP contribution in [0.4, 0.5) is 5.69 Å². The second-order valence-corrected chi connectivity index (χ2v) is 8.54. The predicted octanol–water partition coefficient (Wildman–Crippen LogP) is 1.78. The summed E-state index contributed by atoms with van der Waals surface area (Å²) >= 11 is 6.06. The van der Waals surface area contributed by atoms with Crippen molar-refractivity contribution in [1.29, 1.82) is 0 Å². The van der Waals surface area contributed by atoms with Crippen LogP contribution in [0.2, 0.25) is 5.15 Å². The molecule has 10 heteroatoms. The van der Waals surface area contributed by atoms with Crippen molar-refractivity contribution in [3.8, 4) is 0 Å². The topological polar surface area (TPSA) is 105 Å². The Bertz CT molecular complexity index is 973. The number of aromatic nitrogens is 2. The van der Waals surface area contributed by atoms with Crippen LogP contribution in [-0.4, -0.2) is 53.3 Å². The fraction of sp³-hybridized carbons (Fsp3) is 0.412. The summed E-state index contributed by atoms with van der Waals surface area (Å²) in [6.45, 7) is 2.40. The van der Waals surface area contributed by atoms with E-state index >= 15 is 0 Å². The number of carbonyl (C=O) groups is 1. The zero-order valence-electron chi connectivity index (χ0n) is 15.0. The van der Waals surface area contributed by atoms with Crippen LogP contribution < -0.4 is 4.72 Å². The molecule has 2 N–H and O–H groups in total. The number of nitrogens with one attached hydrogen (secondary N) is 1. The van der Waals surface area contributed by atoms with Crippen LogP contribution in [-0.2, 0) is 17.1 Å². The Hall–Kier alpha value is -2.10. The van der Waals surface area contributed by atoms with E-state index in [1.807, 2.05) is 0 Å². The average molecular weight is 413 g/mol. The van der Waals surface area contributed by atoms with E-state index in [2.05, 4.69) is 9.82 Å². The lowest BCUT2D eigenvalue weighted by molar-refractivity contribution is 0.0474. The van der Waals surface area contributed by atoms with Crippen molar-refractivity contribution in [2.24, 2.45) is 7.05 Å². The summed E-state index contributed by atoms with van der Waals surface area (Å²) in [7, 11) is -2.40. The van der Waals surface area contributed by atoms with Crippen LogP contribution in [0.15, 0.2) is 29.2 Å². The molecule has 0 radical (unpaired) electrons. The van der Waals surface area contributed by atoms with Crippen molar-refractivity contribution in [2.45, 2.75) is 30.8 Å². The lowest BCUT2D eigenvalue weighted by Crippen LogP contribution is -2.42. The van der Waals surface area contributed by atoms with Gasteiger partial charge in [-0.25, -0.2) is 8.42 Å². The summed E-state index contributed by atoms with van der Waals surface area (Å²) in [5.41, 5.74) is 0.876. The van der Waals surface area contributed by atoms with Gasteiger partial charge >= 0.3 is 0 Å². The smallest absolute Gasteiger partial charge is 0.266 e. The number of amides is 1. The van der Waals surface area contributed by atoms with Crippen LogP contribution in [0.5, 0.6) is 0 Å². The third-order valence-electron chi connectivity index (χ3n) is 4.41. The van der Waals surface area contributed by atoms with Gasteiger partial charge in [0, 0.05) is 31.4 Å². The number of rotatable bonds is 4. The second-order valence-electron chi connectivity index (χ2n) is 6.56. The molecule has 0 aliphatic carbocycles. The summed E-state index contributed by atoms with van der Waals surface area (Å²) in [5, 5.41) is 13.8. The molecule has 0 spiro atoms.